The summed E-state index contributed by atoms with van der Waals surface area (Å²) in [6, 6.07) is 17.1. The van der Waals surface area contributed by atoms with Gasteiger partial charge in [-0.3, -0.25) is 19.4 Å². The Morgan fingerprint density at radius 2 is 1.84 bits per heavy atom. The molecule has 3 amide bonds. The molecule has 2 aliphatic heterocycles. The van der Waals surface area contributed by atoms with E-state index >= 15 is 0 Å². The van der Waals surface area contributed by atoms with Gasteiger partial charge >= 0.3 is 0 Å². The molecule has 1 saturated heterocycles. The SMILES string of the molecule is Cc1ccc(OCC(=O)N2CCCCOc3cccc(c3)[C@H]3CN(C(=O)c4cnc5c(c4)CCCC5)C[C@@H]3NC(=O)C2)cc1. The summed E-state index contributed by atoms with van der Waals surface area (Å²) in [5.41, 5.74) is 4.95. The Kier molecular flexibility index (Phi) is 9.09. The molecule has 9 nitrogen and oxygen atoms in total. The standard InChI is InChI=1S/C35H40N4O5/c1-24-11-13-28(14-12-24)44-23-34(41)38-15-4-5-16-43-29-9-6-8-25(18-29)30-20-39(21-32(30)37-33(40)22-38)35(42)27-17-26-7-2-3-10-31(26)36-19-27/h6,8-9,11-14,17-19,30,32H,2-5,7,10,15-16,20-23H2,1H3,(H,37,40)/t30-,32+/m1/s1. The highest BCUT2D eigenvalue weighted by molar-refractivity contribution is 5.94. The van der Waals surface area contributed by atoms with Crippen molar-refractivity contribution in [1.82, 2.24) is 20.1 Å². The predicted molar refractivity (Wildman–Crippen MR) is 166 cm³/mol. The maximum atomic E-state index is 13.7. The molecule has 2 aromatic carbocycles. The molecule has 1 fully saturated rings. The van der Waals surface area contributed by atoms with Gasteiger partial charge in [0, 0.05) is 37.4 Å². The molecule has 1 aromatic heterocycles. The van der Waals surface area contributed by atoms with Gasteiger partial charge in [0.2, 0.25) is 5.91 Å². The molecule has 44 heavy (non-hydrogen) atoms. The summed E-state index contributed by atoms with van der Waals surface area (Å²) in [6.07, 6.45) is 7.27. The van der Waals surface area contributed by atoms with E-state index in [1.165, 1.54) is 0 Å². The van der Waals surface area contributed by atoms with Crippen LogP contribution in [0.3, 0.4) is 0 Å². The fourth-order valence-corrected chi connectivity index (χ4v) is 6.36. The van der Waals surface area contributed by atoms with E-state index in [1.54, 1.807) is 11.1 Å². The Bertz CT molecular complexity index is 1510. The van der Waals surface area contributed by atoms with Crippen LogP contribution in [0.2, 0.25) is 0 Å². The molecule has 0 unspecified atom stereocenters. The number of pyridine rings is 1. The smallest absolute Gasteiger partial charge is 0.260 e. The molecule has 3 heterocycles. The third kappa shape index (κ3) is 7.04. The van der Waals surface area contributed by atoms with Gasteiger partial charge in [-0.1, -0.05) is 29.8 Å². The number of rotatable bonds is 4. The first kappa shape index (κ1) is 29.7. The lowest BCUT2D eigenvalue weighted by atomic mass is 9.94. The van der Waals surface area contributed by atoms with Crippen LogP contribution < -0.4 is 14.8 Å². The van der Waals surface area contributed by atoms with Crippen LogP contribution >= 0.6 is 0 Å². The molecule has 0 spiro atoms. The number of hydrogen-bond donors (Lipinski definition) is 1. The molecule has 2 atom stereocenters. The summed E-state index contributed by atoms with van der Waals surface area (Å²) in [5.74, 6) is 0.652. The lowest BCUT2D eigenvalue weighted by Crippen LogP contribution is -2.47. The van der Waals surface area contributed by atoms with Crippen molar-refractivity contribution >= 4 is 17.7 Å². The largest absolute Gasteiger partial charge is 0.494 e. The molecule has 230 valence electrons. The van der Waals surface area contributed by atoms with E-state index in [1.807, 2.05) is 66.4 Å². The number of aromatic nitrogens is 1. The molecular formula is C35H40N4O5. The fourth-order valence-electron chi connectivity index (χ4n) is 6.36. The number of carbonyl (C=O) groups is 3. The summed E-state index contributed by atoms with van der Waals surface area (Å²) in [7, 11) is 0. The third-order valence-corrected chi connectivity index (χ3v) is 8.82. The zero-order valence-electron chi connectivity index (χ0n) is 25.3. The summed E-state index contributed by atoms with van der Waals surface area (Å²) in [6.45, 7) is 3.49. The maximum absolute atomic E-state index is 13.7. The average molecular weight is 597 g/mol. The number of nitrogens with zero attached hydrogens (tertiary/aromatic N) is 3. The zero-order valence-corrected chi connectivity index (χ0v) is 25.3. The molecule has 0 radical (unpaired) electrons. The van der Waals surface area contributed by atoms with Crippen LogP contribution in [-0.4, -0.2) is 77.9 Å². The highest BCUT2D eigenvalue weighted by Gasteiger charge is 2.38. The first-order chi connectivity index (χ1) is 21.4. The van der Waals surface area contributed by atoms with Gasteiger partial charge in [-0.15, -0.1) is 0 Å². The Morgan fingerprint density at radius 3 is 2.70 bits per heavy atom. The van der Waals surface area contributed by atoms with E-state index < -0.39 is 0 Å². The van der Waals surface area contributed by atoms with Gasteiger partial charge in [-0.25, -0.2) is 0 Å². The maximum Gasteiger partial charge on any atom is 0.260 e. The second-order valence-electron chi connectivity index (χ2n) is 12.1. The Balaban J connectivity index is 1.19. The van der Waals surface area contributed by atoms with Crippen LogP contribution in [0.15, 0.2) is 60.8 Å². The number of fused-ring (bicyclic) bond motifs is 5. The highest BCUT2D eigenvalue weighted by Crippen LogP contribution is 2.32. The van der Waals surface area contributed by atoms with Crippen molar-refractivity contribution in [3.63, 3.8) is 0 Å². The van der Waals surface area contributed by atoms with Gasteiger partial charge in [-0.05, 0) is 86.9 Å². The Labute approximate surface area is 258 Å². The number of amides is 3. The molecule has 1 N–H and O–H groups in total. The van der Waals surface area contributed by atoms with E-state index in [2.05, 4.69) is 10.3 Å². The zero-order chi connectivity index (χ0) is 30.5. The minimum absolute atomic E-state index is 0.0805. The first-order valence-corrected chi connectivity index (χ1v) is 15.7. The van der Waals surface area contributed by atoms with Crippen molar-refractivity contribution in [3.8, 4) is 11.5 Å². The quantitative estimate of drug-likeness (QED) is 0.488. The molecule has 1 aliphatic carbocycles. The number of aryl methyl sites for hydroxylation is 3. The van der Waals surface area contributed by atoms with Gasteiger partial charge in [-0.2, -0.15) is 0 Å². The van der Waals surface area contributed by atoms with Crippen molar-refractivity contribution < 1.29 is 23.9 Å². The molecular weight excluding hydrogens is 556 g/mol. The summed E-state index contributed by atoms with van der Waals surface area (Å²) in [4.78, 5) is 48.4. The monoisotopic (exact) mass is 596 g/mol. The minimum atomic E-state index is -0.323. The van der Waals surface area contributed by atoms with Crippen molar-refractivity contribution in [2.45, 2.75) is 57.4 Å². The molecule has 2 bridgehead atoms. The number of likely N-dealkylation sites (tertiary alicyclic amines) is 1. The van der Waals surface area contributed by atoms with Crippen LogP contribution in [0, 0.1) is 6.92 Å². The molecule has 6 rings (SSSR count). The number of carbonyl (C=O) groups excluding carboxylic acids is 3. The topological polar surface area (TPSA) is 101 Å². The van der Waals surface area contributed by atoms with E-state index in [0.29, 0.717) is 44.0 Å². The van der Waals surface area contributed by atoms with E-state index in [4.69, 9.17) is 9.47 Å². The van der Waals surface area contributed by atoms with E-state index in [0.717, 1.165) is 60.2 Å². The predicted octanol–water partition coefficient (Wildman–Crippen LogP) is 4.07. The van der Waals surface area contributed by atoms with E-state index in [-0.39, 0.29) is 42.8 Å². The third-order valence-electron chi connectivity index (χ3n) is 8.82. The first-order valence-electron chi connectivity index (χ1n) is 15.7. The lowest BCUT2D eigenvalue weighted by Gasteiger charge is -2.26. The number of benzene rings is 2. The van der Waals surface area contributed by atoms with Gasteiger partial charge in [0.25, 0.3) is 11.8 Å². The van der Waals surface area contributed by atoms with Crippen molar-refractivity contribution in [1.29, 1.82) is 0 Å². The van der Waals surface area contributed by atoms with Gasteiger partial charge in [0.15, 0.2) is 6.61 Å². The number of hydrogen-bond acceptors (Lipinski definition) is 6. The highest BCUT2D eigenvalue weighted by atomic mass is 16.5. The summed E-state index contributed by atoms with van der Waals surface area (Å²) < 4.78 is 11.8. The minimum Gasteiger partial charge on any atom is -0.494 e. The van der Waals surface area contributed by atoms with Crippen LogP contribution in [-0.2, 0) is 22.4 Å². The Hall–Kier alpha value is -4.40. The van der Waals surface area contributed by atoms with Crippen molar-refractivity contribution in [3.05, 3.63) is 88.7 Å². The fraction of sp³-hybridized carbons (Fsp3) is 0.429. The summed E-state index contributed by atoms with van der Waals surface area (Å²) >= 11 is 0. The molecule has 3 aromatic rings. The average Bonchev–Trinajstić information content (AvgIpc) is 3.46. The Morgan fingerprint density at radius 1 is 1.00 bits per heavy atom. The second-order valence-corrected chi connectivity index (χ2v) is 12.1. The number of ether oxygens (including phenoxy) is 2. The van der Waals surface area contributed by atoms with Gasteiger partial charge in [0.05, 0.1) is 24.8 Å². The van der Waals surface area contributed by atoms with Crippen molar-refractivity contribution in [2.24, 2.45) is 0 Å². The molecule has 9 heteroatoms. The van der Waals surface area contributed by atoms with Crippen LogP contribution in [0.25, 0.3) is 0 Å². The van der Waals surface area contributed by atoms with Crippen molar-refractivity contribution in [2.75, 3.05) is 39.4 Å². The van der Waals surface area contributed by atoms with Crippen LogP contribution in [0.5, 0.6) is 11.5 Å². The number of nitrogens with one attached hydrogen (secondary N) is 1. The molecule has 0 saturated carbocycles. The van der Waals surface area contributed by atoms with E-state index in [9.17, 15) is 14.4 Å². The molecule has 3 aliphatic rings. The van der Waals surface area contributed by atoms with Crippen LogP contribution in [0.4, 0.5) is 0 Å². The normalized spacial score (nSPS) is 20.4. The van der Waals surface area contributed by atoms with Gasteiger partial charge < -0.3 is 24.6 Å². The lowest BCUT2D eigenvalue weighted by molar-refractivity contribution is -0.138. The summed E-state index contributed by atoms with van der Waals surface area (Å²) in [5, 5.41) is 3.17. The second kappa shape index (κ2) is 13.5. The van der Waals surface area contributed by atoms with Crippen LogP contribution in [0.1, 0.15) is 64.3 Å². The van der Waals surface area contributed by atoms with Gasteiger partial charge in [0.1, 0.15) is 11.5 Å².